The van der Waals surface area contributed by atoms with Crippen LogP contribution in [0.15, 0.2) is 48.5 Å². The highest BCUT2D eigenvalue weighted by Crippen LogP contribution is 2.29. The molecule has 0 fully saturated rings. The molecule has 1 N–H and O–H groups in total. The summed E-state index contributed by atoms with van der Waals surface area (Å²) in [5.41, 5.74) is 4.43. The Labute approximate surface area is 175 Å². The summed E-state index contributed by atoms with van der Waals surface area (Å²) in [7, 11) is 1.65. The van der Waals surface area contributed by atoms with Crippen LogP contribution in [-0.2, 0) is 30.7 Å². The Morgan fingerprint density at radius 1 is 1.21 bits per heavy atom. The van der Waals surface area contributed by atoms with E-state index in [2.05, 4.69) is 39.5 Å². The van der Waals surface area contributed by atoms with Gasteiger partial charge in [0.05, 0.1) is 19.2 Å². The number of benzene rings is 2. The van der Waals surface area contributed by atoms with Crippen molar-refractivity contribution in [2.45, 2.75) is 32.9 Å². The smallest absolute Gasteiger partial charge is 0.230 e. The van der Waals surface area contributed by atoms with Crippen LogP contribution in [0, 0.1) is 6.92 Å². The van der Waals surface area contributed by atoms with Crippen molar-refractivity contribution in [3.63, 3.8) is 0 Å². The van der Waals surface area contributed by atoms with Crippen molar-refractivity contribution in [3.8, 4) is 5.75 Å². The second-order valence-corrected chi connectivity index (χ2v) is 8.45. The number of carbonyl (C=O) groups excluding carboxylic acids is 1. The van der Waals surface area contributed by atoms with Gasteiger partial charge in [-0.2, -0.15) is 0 Å². The lowest BCUT2D eigenvalue weighted by Crippen LogP contribution is -2.29. The predicted molar refractivity (Wildman–Crippen MR) is 116 cm³/mol. The first kappa shape index (κ1) is 19.6. The van der Waals surface area contributed by atoms with Gasteiger partial charge in [-0.15, -0.1) is 11.3 Å². The Kier molecular flexibility index (Phi) is 5.92. The van der Waals surface area contributed by atoms with Gasteiger partial charge in [0.2, 0.25) is 5.91 Å². The van der Waals surface area contributed by atoms with Crippen molar-refractivity contribution in [3.05, 3.63) is 75.8 Å². The number of aryl methyl sites for hydroxylation is 1. The largest absolute Gasteiger partial charge is 0.496 e. The van der Waals surface area contributed by atoms with Gasteiger partial charge in [0, 0.05) is 30.9 Å². The third kappa shape index (κ3) is 4.83. The maximum Gasteiger partial charge on any atom is 0.230 e. The molecular weight excluding hydrogens is 382 g/mol. The van der Waals surface area contributed by atoms with E-state index in [1.54, 1.807) is 18.4 Å². The number of methoxy groups -OCH3 is 1. The molecule has 0 aliphatic carbocycles. The second kappa shape index (κ2) is 8.76. The molecule has 0 radical (unpaired) electrons. The van der Waals surface area contributed by atoms with Crippen molar-refractivity contribution in [1.82, 2.24) is 9.88 Å². The Morgan fingerprint density at radius 3 is 2.83 bits per heavy atom. The SMILES string of the molecule is COc1cc(CC(=O)Nc2nc3c(s2)CN(Cc2ccccc2)CC3)ccc1C. The van der Waals surface area contributed by atoms with Gasteiger partial charge in [-0.05, 0) is 29.7 Å². The summed E-state index contributed by atoms with van der Waals surface area (Å²) in [6, 6.07) is 16.4. The minimum Gasteiger partial charge on any atom is -0.496 e. The zero-order valence-corrected chi connectivity index (χ0v) is 17.6. The molecule has 2 heterocycles. The van der Waals surface area contributed by atoms with E-state index in [0.717, 1.165) is 48.6 Å². The van der Waals surface area contributed by atoms with E-state index in [1.165, 1.54) is 10.4 Å². The third-order valence-corrected chi connectivity index (χ3v) is 6.14. The molecule has 29 heavy (non-hydrogen) atoms. The van der Waals surface area contributed by atoms with Gasteiger partial charge in [0.1, 0.15) is 5.75 Å². The van der Waals surface area contributed by atoms with Gasteiger partial charge >= 0.3 is 0 Å². The first-order chi connectivity index (χ1) is 14.1. The lowest BCUT2D eigenvalue weighted by atomic mass is 10.1. The summed E-state index contributed by atoms with van der Waals surface area (Å²) < 4.78 is 5.35. The molecule has 0 atom stereocenters. The van der Waals surface area contributed by atoms with E-state index in [9.17, 15) is 4.79 Å². The van der Waals surface area contributed by atoms with Crippen molar-refractivity contribution in [2.24, 2.45) is 0 Å². The molecule has 0 spiro atoms. The van der Waals surface area contributed by atoms with Crippen LogP contribution in [0.1, 0.15) is 27.3 Å². The van der Waals surface area contributed by atoms with Crippen LogP contribution in [0.3, 0.4) is 0 Å². The lowest BCUT2D eigenvalue weighted by molar-refractivity contribution is -0.115. The van der Waals surface area contributed by atoms with Crippen LogP contribution in [0.25, 0.3) is 0 Å². The molecule has 2 aromatic carbocycles. The van der Waals surface area contributed by atoms with E-state index in [4.69, 9.17) is 4.74 Å². The second-order valence-electron chi connectivity index (χ2n) is 7.36. The fourth-order valence-corrected chi connectivity index (χ4v) is 4.67. The first-order valence-electron chi connectivity index (χ1n) is 9.79. The molecule has 3 aromatic rings. The number of aromatic nitrogens is 1. The van der Waals surface area contributed by atoms with Crippen LogP contribution in [0.2, 0.25) is 0 Å². The normalized spacial score (nSPS) is 13.7. The van der Waals surface area contributed by atoms with Gasteiger partial charge in [-0.25, -0.2) is 4.98 Å². The predicted octanol–water partition coefficient (Wildman–Crippen LogP) is 4.20. The number of rotatable bonds is 6. The van der Waals surface area contributed by atoms with Crippen LogP contribution < -0.4 is 10.1 Å². The molecule has 1 amide bonds. The van der Waals surface area contributed by atoms with Crippen LogP contribution in [-0.4, -0.2) is 29.4 Å². The highest BCUT2D eigenvalue weighted by atomic mass is 32.1. The molecule has 5 nitrogen and oxygen atoms in total. The van der Waals surface area contributed by atoms with E-state index >= 15 is 0 Å². The number of nitrogens with one attached hydrogen (secondary N) is 1. The molecule has 4 rings (SSSR count). The monoisotopic (exact) mass is 407 g/mol. The minimum atomic E-state index is -0.0526. The lowest BCUT2D eigenvalue weighted by Gasteiger charge is -2.25. The summed E-state index contributed by atoms with van der Waals surface area (Å²) in [4.78, 5) is 20.8. The molecule has 0 saturated carbocycles. The highest BCUT2D eigenvalue weighted by molar-refractivity contribution is 7.15. The molecule has 0 unspecified atom stereocenters. The van der Waals surface area contributed by atoms with Gasteiger partial charge in [0.25, 0.3) is 0 Å². The van der Waals surface area contributed by atoms with Crippen molar-refractivity contribution >= 4 is 22.4 Å². The zero-order chi connectivity index (χ0) is 20.2. The number of nitrogens with zero attached hydrogens (tertiary/aromatic N) is 2. The number of anilines is 1. The number of thiazole rings is 1. The van der Waals surface area contributed by atoms with Crippen LogP contribution in [0.5, 0.6) is 5.75 Å². The summed E-state index contributed by atoms with van der Waals surface area (Å²) in [5.74, 6) is 0.752. The van der Waals surface area contributed by atoms with E-state index in [0.29, 0.717) is 11.6 Å². The number of hydrogen-bond acceptors (Lipinski definition) is 5. The quantitative estimate of drug-likeness (QED) is 0.665. The van der Waals surface area contributed by atoms with Gasteiger partial charge in [0.15, 0.2) is 5.13 Å². The molecule has 0 bridgehead atoms. The standard InChI is InChI=1S/C23H25N3O2S/c1-16-8-9-18(12-20(16)28-2)13-22(27)25-23-24-19-10-11-26(15-21(19)29-23)14-17-6-4-3-5-7-17/h3-9,12H,10-11,13-15H2,1-2H3,(H,24,25,27). The number of fused-ring (bicyclic) bond motifs is 1. The number of hydrogen-bond donors (Lipinski definition) is 1. The Bertz CT molecular complexity index is 1000. The van der Waals surface area contributed by atoms with Crippen molar-refractivity contribution < 1.29 is 9.53 Å². The topological polar surface area (TPSA) is 54.5 Å². The Hall–Kier alpha value is -2.70. The van der Waals surface area contributed by atoms with E-state index < -0.39 is 0 Å². The Morgan fingerprint density at radius 2 is 2.03 bits per heavy atom. The number of ether oxygens (including phenoxy) is 1. The molecular formula is C23H25N3O2S. The summed E-state index contributed by atoms with van der Waals surface area (Å²) in [5, 5.41) is 3.67. The van der Waals surface area contributed by atoms with Crippen LogP contribution in [0.4, 0.5) is 5.13 Å². The fourth-order valence-electron chi connectivity index (χ4n) is 3.60. The number of carbonyl (C=O) groups is 1. The van der Waals surface area contributed by atoms with Gasteiger partial charge in [-0.1, -0.05) is 42.5 Å². The van der Waals surface area contributed by atoms with Crippen molar-refractivity contribution in [2.75, 3.05) is 19.0 Å². The minimum absolute atomic E-state index is 0.0526. The fraction of sp³-hybridized carbons (Fsp3) is 0.304. The summed E-state index contributed by atoms with van der Waals surface area (Å²) >= 11 is 1.59. The Balaban J connectivity index is 1.37. The average molecular weight is 408 g/mol. The molecule has 6 heteroatoms. The highest BCUT2D eigenvalue weighted by Gasteiger charge is 2.21. The van der Waals surface area contributed by atoms with Crippen molar-refractivity contribution in [1.29, 1.82) is 0 Å². The first-order valence-corrected chi connectivity index (χ1v) is 10.6. The molecule has 1 aliphatic rings. The number of amides is 1. The van der Waals surface area contributed by atoms with Gasteiger partial charge < -0.3 is 10.1 Å². The summed E-state index contributed by atoms with van der Waals surface area (Å²) in [6.45, 7) is 4.80. The van der Waals surface area contributed by atoms with E-state index in [-0.39, 0.29) is 5.91 Å². The molecule has 1 aliphatic heterocycles. The van der Waals surface area contributed by atoms with E-state index in [1.807, 2.05) is 31.2 Å². The molecule has 0 saturated heterocycles. The zero-order valence-electron chi connectivity index (χ0n) is 16.8. The molecule has 150 valence electrons. The third-order valence-electron chi connectivity index (χ3n) is 5.14. The van der Waals surface area contributed by atoms with Crippen LogP contribution >= 0.6 is 11.3 Å². The molecule has 1 aromatic heterocycles. The maximum atomic E-state index is 12.5. The maximum absolute atomic E-state index is 12.5. The average Bonchev–Trinajstić information content (AvgIpc) is 3.11. The summed E-state index contributed by atoms with van der Waals surface area (Å²) in [6.07, 6.45) is 1.23. The van der Waals surface area contributed by atoms with Gasteiger partial charge in [-0.3, -0.25) is 9.69 Å².